The van der Waals surface area contributed by atoms with Gasteiger partial charge in [0.25, 0.3) is 0 Å². The van der Waals surface area contributed by atoms with Gasteiger partial charge in [-0.05, 0) is 17.7 Å². The highest BCUT2D eigenvalue weighted by atomic mass is 19.3. The Morgan fingerprint density at radius 2 is 2.22 bits per heavy atom. The smallest absolute Gasteiger partial charge is 0.387 e. The van der Waals surface area contributed by atoms with Gasteiger partial charge in [0.05, 0.1) is 18.2 Å². The topological polar surface area (TPSA) is 85.3 Å². The van der Waals surface area contributed by atoms with E-state index < -0.39 is 12.6 Å². The zero-order chi connectivity index (χ0) is 13.7. The van der Waals surface area contributed by atoms with Gasteiger partial charge in [-0.1, -0.05) is 0 Å². The van der Waals surface area contributed by atoms with Crippen LogP contribution < -0.4 is 10.5 Å². The number of benzene rings is 1. The fourth-order valence-corrected chi connectivity index (χ4v) is 1.41. The molecule has 0 amide bonds. The first-order chi connectivity index (χ1) is 8.53. The van der Waals surface area contributed by atoms with Crippen LogP contribution >= 0.6 is 0 Å². The number of alkyl halides is 2. The summed E-state index contributed by atoms with van der Waals surface area (Å²) in [6, 6.07) is 4.00. The maximum atomic E-state index is 12.1. The standard InChI is InChI=1S/C11H10F2N2O3/c1-17-10(16)8-3-7(18-11(12)13)2-6(4-14)9(8)5-15/h2-3,11H,4,14H2,1H3. The summed E-state index contributed by atoms with van der Waals surface area (Å²) in [4.78, 5) is 11.4. The first-order valence-electron chi connectivity index (χ1n) is 4.83. The van der Waals surface area contributed by atoms with Crippen molar-refractivity contribution in [1.29, 1.82) is 5.26 Å². The summed E-state index contributed by atoms with van der Waals surface area (Å²) in [6.07, 6.45) is 0. The predicted molar refractivity (Wildman–Crippen MR) is 57.0 cm³/mol. The molecule has 0 spiro atoms. The molecule has 0 aliphatic heterocycles. The molecule has 1 aromatic carbocycles. The quantitative estimate of drug-likeness (QED) is 0.823. The number of esters is 1. The van der Waals surface area contributed by atoms with Crippen molar-refractivity contribution >= 4 is 5.97 Å². The zero-order valence-electron chi connectivity index (χ0n) is 9.44. The van der Waals surface area contributed by atoms with Crippen molar-refractivity contribution in [2.45, 2.75) is 13.2 Å². The summed E-state index contributed by atoms with van der Waals surface area (Å²) in [5.41, 5.74) is 5.46. The fourth-order valence-electron chi connectivity index (χ4n) is 1.41. The third kappa shape index (κ3) is 2.93. The largest absolute Gasteiger partial charge is 0.465 e. The monoisotopic (exact) mass is 256 g/mol. The van der Waals surface area contributed by atoms with Crippen molar-refractivity contribution in [3.63, 3.8) is 0 Å². The van der Waals surface area contributed by atoms with Crippen LogP contribution in [0.5, 0.6) is 5.75 Å². The van der Waals surface area contributed by atoms with E-state index in [1.165, 1.54) is 6.07 Å². The van der Waals surface area contributed by atoms with Crippen LogP contribution in [0.15, 0.2) is 12.1 Å². The number of hydrogen-bond donors (Lipinski definition) is 1. The molecule has 0 heterocycles. The minimum Gasteiger partial charge on any atom is -0.465 e. The lowest BCUT2D eigenvalue weighted by Crippen LogP contribution is -2.11. The van der Waals surface area contributed by atoms with Gasteiger partial charge in [-0.2, -0.15) is 14.0 Å². The molecule has 18 heavy (non-hydrogen) atoms. The lowest BCUT2D eigenvalue weighted by molar-refractivity contribution is -0.0499. The van der Waals surface area contributed by atoms with Gasteiger partial charge in [0, 0.05) is 6.54 Å². The Hall–Kier alpha value is -2.20. The van der Waals surface area contributed by atoms with Gasteiger partial charge >= 0.3 is 12.6 Å². The molecule has 0 radical (unpaired) electrons. The Morgan fingerprint density at radius 3 is 2.67 bits per heavy atom. The molecular formula is C11H10F2N2O3. The second kappa shape index (κ2) is 5.93. The maximum Gasteiger partial charge on any atom is 0.387 e. The van der Waals surface area contributed by atoms with Gasteiger partial charge in [0.15, 0.2) is 0 Å². The summed E-state index contributed by atoms with van der Waals surface area (Å²) in [6.45, 7) is -3.12. The van der Waals surface area contributed by atoms with E-state index in [4.69, 9.17) is 11.0 Å². The number of methoxy groups -OCH3 is 1. The lowest BCUT2D eigenvalue weighted by Gasteiger charge is -2.11. The molecule has 0 fully saturated rings. The second-order valence-corrected chi connectivity index (χ2v) is 3.19. The highest BCUT2D eigenvalue weighted by Crippen LogP contribution is 2.24. The normalized spacial score (nSPS) is 10.0. The van der Waals surface area contributed by atoms with Crippen molar-refractivity contribution in [2.24, 2.45) is 5.73 Å². The van der Waals surface area contributed by atoms with Crippen molar-refractivity contribution in [2.75, 3.05) is 7.11 Å². The average Bonchev–Trinajstić information content (AvgIpc) is 2.35. The van der Waals surface area contributed by atoms with Gasteiger partial charge in [0.1, 0.15) is 11.8 Å². The van der Waals surface area contributed by atoms with E-state index in [-0.39, 0.29) is 29.0 Å². The van der Waals surface area contributed by atoms with Crippen molar-refractivity contribution in [3.8, 4) is 11.8 Å². The number of ether oxygens (including phenoxy) is 2. The molecule has 0 aliphatic rings. The number of hydrogen-bond acceptors (Lipinski definition) is 5. The molecule has 1 aromatic rings. The van der Waals surface area contributed by atoms with Crippen LogP contribution in [0, 0.1) is 11.3 Å². The molecular weight excluding hydrogens is 246 g/mol. The van der Waals surface area contributed by atoms with E-state index in [0.717, 1.165) is 13.2 Å². The third-order valence-electron chi connectivity index (χ3n) is 2.16. The van der Waals surface area contributed by atoms with Crippen LogP contribution in [0.3, 0.4) is 0 Å². The highest BCUT2D eigenvalue weighted by Gasteiger charge is 2.18. The number of carbonyl (C=O) groups excluding carboxylic acids is 1. The highest BCUT2D eigenvalue weighted by molar-refractivity contribution is 5.93. The maximum absolute atomic E-state index is 12.1. The van der Waals surface area contributed by atoms with Crippen molar-refractivity contribution < 1.29 is 23.0 Å². The number of halogens is 2. The number of nitrogens with zero attached hydrogens (tertiary/aromatic N) is 1. The number of rotatable bonds is 4. The van der Waals surface area contributed by atoms with Gasteiger partial charge in [-0.15, -0.1) is 0 Å². The summed E-state index contributed by atoms with van der Waals surface area (Å²) in [7, 11) is 1.12. The fraction of sp³-hybridized carbons (Fsp3) is 0.273. The molecule has 5 nitrogen and oxygen atoms in total. The molecule has 0 aromatic heterocycles. The van der Waals surface area contributed by atoms with E-state index in [1.54, 1.807) is 6.07 Å². The molecule has 0 saturated heterocycles. The first kappa shape index (κ1) is 13.9. The number of nitrogens with two attached hydrogens (primary N) is 1. The summed E-state index contributed by atoms with van der Waals surface area (Å²) >= 11 is 0. The van der Waals surface area contributed by atoms with Crippen LogP contribution in [0.25, 0.3) is 0 Å². The molecule has 7 heteroatoms. The van der Waals surface area contributed by atoms with Crippen LogP contribution in [0.1, 0.15) is 21.5 Å². The van der Waals surface area contributed by atoms with Crippen LogP contribution in [0.4, 0.5) is 8.78 Å². The summed E-state index contributed by atoms with van der Waals surface area (Å²) < 4.78 is 32.9. The summed E-state index contributed by atoms with van der Waals surface area (Å²) in [5.74, 6) is -1.06. The Kier molecular flexibility index (Phi) is 4.57. The van der Waals surface area contributed by atoms with Gasteiger partial charge < -0.3 is 15.2 Å². The minimum atomic E-state index is -3.03. The zero-order valence-corrected chi connectivity index (χ0v) is 9.44. The first-order valence-corrected chi connectivity index (χ1v) is 4.83. The predicted octanol–water partition coefficient (Wildman–Crippen LogP) is 1.40. The molecule has 0 atom stereocenters. The SMILES string of the molecule is COC(=O)c1cc(OC(F)F)cc(CN)c1C#N. The van der Waals surface area contributed by atoms with E-state index in [0.29, 0.717) is 0 Å². The van der Waals surface area contributed by atoms with E-state index in [2.05, 4.69) is 9.47 Å². The molecule has 0 bridgehead atoms. The van der Waals surface area contributed by atoms with Gasteiger partial charge in [-0.3, -0.25) is 0 Å². The molecule has 1 rings (SSSR count). The average molecular weight is 256 g/mol. The number of nitriles is 1. The van der Waals surface area contributed by atoms with Gasteiger partial charge in [0.2, 0.25) is 0 Å². The second-order valence-electron chi connectivity index (χ2n) is 3.19. The molecule has 2 N–H and O–H groups in total. The van der Waals surface area contributed by atoms with Crippen LogP contribution in [-0.4, -0.2) is 19.7 Å². The summed E-state index contributed by atoms with van der Waals surface area (Å²) in [5, 5.41) is 8.95. The van der Waals surface area contributed by atoms with Crippen LogP contribution in [-0.2, 0) is 11.3 Å². The lowest BCUT2D eigenvalue weighted by atomic mass is 10.0. The Morgan fingerprint density at radius 1 is 1.56 bits per heavy atom. The van der Waals surface area contributed by atoms with E-state index >= 15 is 0 Å². The van der Waals surface area contributed by atoms with Crippen LogP contribution in [0.2, 0.25) is 0 Å². The number of carbonyl (C=O) groups is 1. The third-order valence-corrected chi connectivity index (χ3v) is 2.16. The Labute approximate surface area is 102 Å². The van der Waals surface area contributed by atoms with E-state index in [1.807, 2.05) is 0 Å². The molecule has 0 unspecified atom stereocenters. The molecule has 0 saturated carbocycles. The van der Waals surface area contributed by atoms with Crippen molar-refractivity contribution in [1.82, 2.24) is 0 Å². The Balaban J connectivity index is 3.37. The van der Waals surface area contributed by atoms with Crippen molar-refractivity contribution in [3.05, 3.63) is 28.8 Å². The molecule has 96 valence electrons. The molecule has 0 aliphatic carbocycles. The Bertz CT molecular complexity index is 498. The minimum absolute atomic E-state index is 0.00836. The van der Waals surface area contributed by atoms with Gasteiger partial charge in [-0.25, -0.2) is 4.79 Å². The van der Waals surface area contributed by atoms with E-state index in [9.17, 15) is 13.6 Å².